The zero-order chi connectivity index (χ0) is 24.0. The maximum Gasteiger partial charge on any atom is 0.251 e. The minimum absolute atomic E-state index is 0.0631. The third-order valence-corrected chi connectivity index (χ3v) is 7.62. The normalized spacial score (nSPS) is 15.3. The van der Waals surface area contributed by atoms with Gasteiger partial charge in [0.25, 0.3) is 5.91 Å². The van der Waals surface area contributed by atoms with Gasteiger partial charge in [-0.15, -0.1) is 0 Å². The van der Waals surface area contributed by atoms with Crippen molar-refractivity contribution in [3.05, 3.63) is 89.4 Å². The molecule has 0 radical (unpaired) electrons. The largest absolute Gasteiger partial charge is 0.468 e. The first-order valence-corrected chi connectivity index (χ1v) is 13.1. The lowest BCUT2D eigenvalue weighted by atomic mass is 9.99. The fraction of sp³-hybridized carbons (Fsp3) is 0.346. The molecule has 3 aromatic rings. The number of sulfonamides is 1. The second-order valence-corrected chi connectivity index (χ2v) is 10.7. The summed E-state index contributed by atoms with van der Waals surface area (Å²) < 4.78 is 32.5. The molecule has 2 aromatic carbocycles. The number of hydrogen-bond acceptors (Lipinski definition) is 5. The van der Waals surface area contributed by atoms with Crippen LogP contribution in [0.2, 0.25) is 0 Å². The minimum Gasteiger partial charge on any atom is -0.468 e. The fourth-order valence-electron chi connectivity index (χ4n) is 3.97. The van der Waals surface area contributed by atoms with Gasteiger partial charge in [0.2, 0.25) is 10.0 Å². The van der Waals surface area contributed by atoms with Crippen molar-refractivity contribution in [2.24, 2.45) is 5.92 Å². The number of nitrogens with zero attached hydrogens (tertiary/aromatic N) is 1. The number of carbonyl (C=O) groups excluding carboxylic acids is 1. The number of benzene rings is 2. The molecule has 0 saturated carbocycles. The first-order valence-electron chi connectivity index (χ1n) is 11.6. The number of rotatable bonds is 9. The summed E-state index contributed by atoms with van der Waals surface area (Å²) in [5.41, 5.74) is 2.70. The van der Waals surface area contributed by atoms with Gasteiger partial charge in [-0.25, -0.2) is 13.1 Å². The summed E-state index contributed by atoms with van der Waals surface area (Å²) in [6.07, 6.45) is 4.01. The molecule has 1 aliphatic heterocycles. The van der Waals surface area contributed by atoms with Gasteiger partial charge < -0.3 is 9.73 Å². The Morgan fingerprint density at radius 2 is 1.65 bits per heavy atom. The quantitative estimate of drug-likeness (QED) is 0.483. The molecule has 8 heteroatoms. The number of piperidine rings is 1. The predicted octanol–water partition coefficient (Wildman–Crippen LogP) is 3.92. The van der Waals surface area contributed by atoms with Crippen molar-refractivity contribution in [3.63, 3.8) is 0 Å². The van der Waals surface area contributed by atoms with E-state index in [2.05, 4.69) is 34.0 Å². The van der Waals surface area contributed by atoms with Crippen LogP contribution in [0.15, 0.2) is 76.2 Å². The summed E-state index contributed by atoms with van der Waals surface area (Å²) in [5, 5.41) is 2.90. The first kappa shape index (κ1) is 24.2. The Morgan fingerprint density at radius 1 is 0.971 bits per heavy atom. The fourth-order valence-corrected chi connectivity index (χ4v) is 4.97. The minimum atomic E-state index is -3.70. The molecule has 4 rings (SSSR count). The van der Waals surface area contributed by atoms with E-state index in [4.69, 9.17) is 4.42 Å². The highest BCUT2D eigenvalue weighted by Gasteiger charge is 2.17. The third-order valence-electron chi connectivity index (χ3n) is 6.20. The number of carbonyl (C=O) groups is 1. The number of nitrogens with one attached hydrogen (secondary N) is 2. The molecule has 0 aliphatic carbocycles. The van der Waals surface area contributed by atoms with Gasteiger partial charge in [-0.1, -0.05) is 31.2 Å². The van der Waals surface area contributed by atoms with Crippen LogP contribution in [0.4, 0.5) is 0 Å². The van der Waals surface area contributed by atoms with Crippen LogP contribution in [0, 0.1) is 5.92 Å². The van der Waals surface area contributed by atoms with Crippen LogP contribution in [-0.2, 0) is 29.7 Å². The number of amides is 1. The van der Waals surface area contributed by atoms with Gasteiger partial charge in [0.1, 0.15) is 5.76 Å². The highest BCUT2D eigenvalue weighted by molar-refractivity contribution is 7.89. The summed E-state index contributed by atoms with van der Waals surface area (Å²) in [4.78, 5) is 15.1. The molecule has 2 heterocycles. The lowest BCUT2D eigenvalue weighted by Crippen LogP contribution is -2.32. The lowest BCUT2D eigenvalue weighted by Gasteiger charge is -2.30. The molecule has 0 unspecified atom stereocenters. The highest BCUT2D eigenvalue weighted by Crippen LogP contribution is 2.18. The van der Waals surface area contributed by atoms with Gasteiger partial charge >= 0.3 is 0 Å². The Balaban J connectivity index is 1.26. The van der Waals surface area contributed by atoms with E-state index in [0.717, 1.165) is 31.1 Å². The molecule has 0 atom stereocenters. The van der Waals surface area contributed by atoms with Crippen LogP contribution in [0.25, 0.3) is 0 Å². The Morgan fingerprint density at radius 3 is 2.29 bits per heavy atom. The predicted molar refractivity (Wildman–Crippen MR) is 130 cm³/mol. The highest BCUT2D eigenvalue weighted by atomic mass is 32.2. The van der Waals surface area contributed by atoms with Crippen LogP contribution in [0.5, 0.6) is 0 Å². The van der Waals surface area contributed by atoms with Crippen molar-refractivity contribution in [2.75, 3.05) is 13.1 Å². The summed E-state index contributed by atoms with van der Waals surface area (Å²) in [5.74, 6) is 1.10. The van der Waals surface area contributed by atoms with Gasteiger partial charge in [-0.3, -0.25) is 9.69 Å². The van der Waals surface area contributed by atoms with Gasteiger partial charge in [0, 0.05) is 18.7 Å². The third kappa shape index (κ3) is 6.56. The van der Waals surface area contributed by atoms with Crippen LogP contribution >= 0.6 is 0 Å². The summed E-state index contributed by atoms with van der Waals surface area (Å²) in [7, 11) is -3.70. The standard InChI is InChI=1S/C26H31N3O4S/c1-20-12-14-29(15-13-20)19-22-6-4-21(5-7-22)17-27-26(30)23-8-10-25(11-9-23)34(31,32)28-18-24-3-2-16-33-24/h2-11,16,20,28H,12-15,17-19H2,1H3,(H,27,30). The molecule has 0 bridgehead atoms. The molecule has 2 N–H and O–H groups in total. The zero-order valence-corrected chi connectivity index (χ0v) is 20.2. The summed E-state index contributed by atoms with van der Waals surface area (Å²) in [6, 6.07) is 17.6. The summed E-state index contributed by atoms with van der Waals surface area (Å²) >= 11 is 0. The number of hydrogen-bond donors (Lipinski definition) is 2. The molecule has 0 spiro atoms. The van der Waals surface area contributed by atoms with E-state index < -0.39 is 10.0 Å². The second-order valence-electron chi connectivity index (χ2n) is 8.89. The molecule has 34 heavy (non-hydrogen) atoms. The van der Waals surface area contributed by atoms with Gasteiger partial charge in [-0.05, 0) is 79.4 Å². The van der Waals surface area contributed by atoms with E-state index in [1.165, 1.54) is 48.9 Å². The van der Waals surface area contributed by atoms with Crippen molar-refractivity contribution >= 4 is 15.9 Å². The topological polar surface area (TPSA) is 91.7 Å². The van der Waals surface area contributed by atoms with Gasteiger partial charge in [0.15, 0.2) is 0 Å². The smallest absolute Gasteiger partial charge is 0.251 e. The number of furan rings is 1. The van der Waals surface area contributed by atoms with Crippen molar-refractivity contribution in [1.29, 1.82) is 0 Å². The maximum absolute atomic E-state index is 12.5. The lowest BCUT2D eigenvalue weighted by molar-refractivity contribution is 0.0951. The van der Waals surface area contributed by atoms with Crippen LogP contribution in [0.1, 0.15) is 47.0 Å². The van der Waals surface area contributed by atoms with Crippen molar-refractivity contribution in [2.45, 2.75) is 44.3 Å². The monoisotopic (exact) mass is 481 g/mol. The average Bonchev–Trinajstić information content (AvgIpc) is 3.38. The second kappa shape index (κ2) is 11.0. The molecular weight excluding hydrogens is 450 g/mol. The molecule has 1 fully saturated rings. The molecular formula is C26H31N3O4S. The van der Waals surface area contributed by atoms with E-state index >= 15 is 0 Å². The molecule has 180 valence electrons. The van der Waals surface area contributed by atoms with Crippen LogP contribution < -0.4 is 10.0 Å². The number of likely N-dealkylation sites (tertiary alicyclic amines) is 1. The van der Waals surface area contributed by atoms with Gasteiger partial charge in [-0.2, -0.15) is 0 Å². The van der Waals surface area contributed by atoms with Crippen LogP contribution in [-0.4, -0.2) is 32.3 Å². The first-order chi connectivity index (χ1) is 16.4. The average molecular weight is 482 g/mol. The molecule has 7 nitrogen and oxygen atoms in total. The van der Waals surface area contributed by atoms with Crippen molar-refractivity contribution < 1.29 is 17.6 Å². The van der Waals surface area contributed by atoms with Crippen LogP contribution in [0.3, 0.4) is 0 Å². The Labute approximate surface area is 201 Å². The zero-order valence-electron chi connectivity index (χ0n) is 19.4. The van der Waals surface area contributed by atoms with Gasteiger partial charge in [0.05, 0.1) is 17.7 Å². The molecule has 1 aliphatic rings. The molecule has 1 saturated heterocycles. The van der Waals surface area contributed by atoms with E-state index in [0.29, 0.717) is 17.9 Å². The Kier molecular flexibility index (Phi) is 7.82. The Hall–Kier alpha value is -2.94. The SMILES string of the molecule is CC1CCN(Cc2ccc(CNC(=O)c3ccc(S(=O)(=O)NCc4ccco4)cc3)cc2)CC1. The van der Waals surface area contributed by atoms with E-state index in [1.54, 1.807) is 12.1 Å². The van der Waals surface area contributed by atoms with Crippen molar-refractivity contribution in [3.8, 4) is 0 Å². The van der Waals surface area contributed by atoms with Crippen molar-refractivity contribution in [1.82, 2.24) is 14.9 Å². The van der Waals surface area contributed by atoms with E-state index in [-0.39, 0.29) is 17.3 Å². The van der Waals surface area contributed by atoms with E-state index in [1.807, 2.05) is 12.1 Å². The molecule has 1 aromatic heterocycles. The maximum atomic E-state index is 12.5. The molecule has 1 amide bonds. The van der Waals surface area contributed by atoms with E-state index in [9.17, 15) is 13.2 Å². The Bertz CT molecular complexity index is 1170. The summed E-state index contributed by atoms with van der Waals surface area (Å²) in [6.45, 7) is 6.06.